The zero-order valence-corrected chi connectivity index (χ0v) is 30.1. The van der Waals surface area contributed by atoms with Crippen molar-refractivity contribution in [2.24, 2.45) is 0 Å². The molecule has 0 unspecified atom stereocenters. The first kappa shape index (κ1) is 30.8. The minimum absolute atomic E-state index is 0.154. The molecule has 2 aromatic heterocycles. The molecule has 0 atom stereocenters. The normalized spacial score (nSPS) is 13.1. The van der Waals surface area contributed by atoms with Gasteiger partial charge in [0.05, 0.1) is 22.4 Å². The predicted molar refractivity (Wildman–Crippen MR) is 225 cm³/mol. The number of aromatic nitrogens is 3. The van der Waals surface area contributed by atoms with Crippen LogP contribution in [0.25, 0.3) is 94.1 Å². The summed E-state index contributed by atoms with van der Waals surface area (Å²) in [6.45, 7) is 4.74. The molecule has 254 valence electrons. The molecule has 3 heteroatoms. The van der Waals surface area contributed by atoms with Crippen LogP contribution in [0.2, 0.25) is 0 Å². The molecule has 11 rings (SSSR count). The molecule has 3 nitrogen and oxygen atoms in total. The highest BCUT2D eigenvalue weighted by atomic mass is 15.2. The largest absolute Gasteiger partial charge is 0.277 e. The zero-order chi connectivity index (χ0) is 36.0. The summed E-state index contributed by atoms with van der Waals surface area (Å²) in [5, 5.41) is 7.30. The number of fused-ring (bicyclic) bond motifs is 10. The fourth-order valence-electron chi connectivity index (χ4n) is 8.98. The van der Waals surface area contributed by atoms with E-state index < -0.39 is 0 Å². The summed E-state index contributed by atoms with van der Waals surface area (Å²) in [5.41, 5.74) is 13.7. The minimum Gasteiger partial charge on any atom is -0.277 e. The van der Waals surface area contributed by atoms with Gasteiger partial charge in [-0.15, -0.1) is 0 Å². The van der Waals surface area contributed by atoms with E-state index in [1.165, 1.54) is 60.1 Å². The number of rotatable bonds is 4. The van der Waals surface area contributed by atoms with Crippen LogP contribution in [0.5, 0.6) is 0 Å². The summed E-state index contributed by atoms with van der Waals surface area (Å²) >= 11 is 0. The van der Waals surface area contributed by atoms with Crippen LogP contribution in [0.15, 0.2) is 176 Å². The second kappa shape index (κ2) is 11.6. The monoisotopic (exact) mass is 689 g/mol. The maximum atomic E-state index is 5.40. The minimum atomic E-state index is -0.154. The molecule has 0 saturated heterocycles. The highest BCUT2D eigenvalue weighted by Gasteiger charge is 2.37. The second-order valence-corrected chi connectivity index (χ2v) is 15.0. The molecular formula is C51H35N3. The van der Waals surface area contributed by atoms with Crippen LogP contribution in [0.4, 0.5) is 0 Å². The summed E-state index contributed by atoms with van der Waals surface area (Å²) < 4.78 is 2.34. The van der Waals surface area contributed by atoms with Crippen LogP contribution in [0.3, 0.4) is 0 Å². The van der Waals surface area contributed by atoms with Crippen LogP contribution in [0.1, 0.15) is 25.0 Å². The number of hydrogen-bond acceptors (Lipinski definition) is 2. The fraction of sp³-hybridized carbons (Fsp3) is 0.0588. The molecule has 0 N–H and O–H groups in total. The molecule has 10 aromatic rings. The molecule has 0 saturated carbocycles. The van der Waals surface area contributed by atoms with Crippen molar-refractivity contribution >= 4 is 43.4 Å². The van der Waals surface area contributed by atoms with Crippen molar-refractivity contribution in [2.45, 2.75) is 19.3 Å². The third-order valence-electron chi connectivity index (χ3n) is 11.6. The molecule has 1 aliphatic carbocycles. The van der Waals surface area contributed by atoms with Crippen molar-refractivity contribution < 1.29 is 0 Å². The van der Waals surface area contributed by atoms with E-state index in [0.29, 0.717) is 5.95 Å². The van der Waals surface area contributed by atoms with Gasteiger partial charge in [0, 0.05) is 38.3 Å². The Bertz CT molecular complexity index is 3060. The summed E-state index contributed by atoms with van der Waals surface area (Å²) in [4.78, 5) is 10.8. The first-order valence-corrected chi connectivity index (χ1v) is 18.7. The molecule has 0 amide bonds. The van der Waals surface area contributed by atoms with Gasteiger partial charge in [-0.05, 0) is 56.1 Å². The Morgan fingerprint density at radius 2 is 1.00 bits per heavy atom. The standard InChI is InChI=1S/C51H35N3/c1-51(2)43-29-26-32-14-9-11-20-37(32)47(43)42-28-25-36(30-44(42)51)39-22-13-23-40-41-27-24-33-15-10-12-21-38(33)48(41)54(49(39)40)50-52-45(34-16-5-3-6-17-34)31-46(53-50)35-18-7-4-8-19-35/h3-31H,1-2H3. The van der Waals surface area contributed by atoms with E-state index in [0.717, 1.165) is 39.1 Å². The molecule has 0 bridgehead atoms. The van der Waals surface area contributed by atoms with Gasteiger partial charge in [-0.3, -0.25) is 4.57 Å². The van der Waals surface area contributed by atoms with Gasteiger partial charge in [0.2, 0.25) is 5.95 Å². The number of benzene rings is 8. The summed E-state index contributed by atoms with van der Waals surface area (Å²) in [6.07, 6.45) is 0. The zero-order valence-electron chi connectivity index (χ0n) is 30.1. The maximum Gasteiger partial charge on any atom is 0.235 e. The third kappa shape index (κ3) is 4.48. The van der Waals surface area contributed by atoms with E-state index in [-0.39, 0.29) is 5.41 Å². The SMILES string of the molecule is CC1(C)c2cc(-c3cccc4c5ccc6ccccc6c5n(-c5nc(-c6ccccc6)cc(-c6ccccc6)n5)c34)ccc2-c2c1ccc1ccccc21. The summed E-state index contributed by atoms with van der Waals surface area (Å²) in [5.74, 6) is 0.652. The number of hydrogen-bond donors (Lipinski definition) is 0. The van der Waals surface area contributed by atoms with E-state index in [1.807, 2.05) is 12.1 Å². The lowest BCUT2D eigenvalue weighted by Crippen LogP contribution is -2.15. The molecule has 54 heavy (non-hydrogen) atoms. The summed E-state index contributed by atoms with van der Waals surface area (Å²) in [7, 11) is 0. The molecular weight excluding hydrogens is 655 g/mol. The quantitative estimate of drug-likeness (QED) is 0.184. The molecule has 8 aromatic carbocycles. The van der Waals surface area contributed by atoms with Gasteiger partial charge in [0.1, 0.15) is 0 Å². The van der Waals surface area contributed by atoms with Gasteiger partial charge in [0.25, 0.3) is 0 Å². The predicted octanol–water partition coefficient (Wildman–Crippen LogP) is 13.2. The van der Waals surface area contributed by atoms with Crippen LogP contribution in [0, 0.1) is 0 Å². The highest BCUT2D eigenvalue weighted by Crippen LogP contribution is 2.52. The summed E-state index contributed by atoms with van der Waals surface area (Å²) in [6, 6.07) is 63.4. The number of para-hydroxylation sites is 1. The van der Waals surface area contributed by atoms with E-state index >= 15 is 0 Å². The Balaban J connectivity index is 1.23. The van der Waals surface area contributed by atoms with E-state index in [1.54, 1.807) is 0 Å². The molecule has 2 heterocycles. The van der Waals surface area contributed by atoms with Crippen LogP contribution >= 0.6 is 0 Å². The first-order chi connectivity index (χ1) is 26.5. The van der Waals surface area contributed by atoms with Crippen LogP contribution in [-0.2, 0) is 5.41 Å². The van der Waals surface area contributed by atoms with Gasteiger partial charge >= 0.3 is 0 Å². The Labute approximate surface area is 313 Å². The van der Waals surface area contributed by atoms with Gasteiger partial charge in [0.15, 0.2) is 0 Å². The van der Waals surface area contributed by atoms with Gasteiger partial charge in [-0.1, -0.05) is 178 Å². The van der Waals surface area contributed by atoms with Gasteiger partial charge < -0.3 is 0 Å². The second-order valence-electron chi connectivity index (χ2n) is 15.0. The van der Waals surface area contributed by atoms with Crippen LogP contribution in [-0.4, -0.2) is 14.5 Å². The van der Waals surface area contributed by atoms with E-state index in [4.69, 9.17) is 9.97 Å². The molecule has 0 radical (unpaired) electrons. The fourth-order valence-corrected chi connectivity index (χ4v) is 8.98. The van der Waals surface area contributed by atoms with Gasteiger partial charge in [-0.2, -0.15) is 0 Å². The average Bonchev–Trinajstić information content (AvgIpc) is 3.70. The topological polar surface area (TPSA) is 30.7 Å². The van der Waals surface area contributed by atoms with E-state index in [9.17, 15) is 0 Å². The Morgan fingerprint density at radius 3 is 1.72 bits per heavy atom. The van der Waals surface area contributed by atoms with Crippen molar-refractivity contribution in [3.8, 4) is 50.7 Å². The van der Waals surface area contributed by atoms with E-state index in [2.05, 4.69) is 182 Å². The maximum absolute atomic E-state index is 5.40. The lowest BCUT2D eigenvalue weighted by atomic mass is 9.81. The first-order valence-electron chi connectivity index (χ1n) is 18.7. The van der Waals surface area contributed by atoms with Crippen molar-refractivity contribution in [3.05, 3.63) is 187 Å². The molecule has 0 aliphatic heterocycles. The molecule has 0 fully saturated rings. The third-order valence-corrected chi connectivity index (χ3v) is 11.6. The van der Waals surface area contributed by atoms with Gasteiger partial charge in [-0.25, -0.2) is 9.97 Å². The van der Waals surface area contributed by atoms with Crippen molar-refractivity contribution in [1.29, 1.82) is 0 Å². The van der Waals surface area contributed by atoms with Crippen molar-refractivity contribution in [2.75, 3.05) is 0 Å². The Hall–Kier alpha value is -6.84. The molecule has 1 aliphatic rings. The lowest BCUT2D eigenvalue weighted by molar-refractivity contribution is 0.661. The van der Waals surface area contributed by atoms with Crippen molar-refractivity contribution in [3.63, 3.8) is 0 Å². The smallest absolute Gasteiger partial charge is 0.235 e. The molecule has 0 spiro atoms. The Morgan fingerprint density at radius 1 is 0.407 bits per heavy atom. The number of nitrogens with zero attached hydrogens (tertiary/aromatic N) is 3. The van der Waals surface area contributed by atoms with Crippen molar-refractivity contribution in [1.82, 2.24) is 14.5 Å². The lowest BCUT2D eigenvalue weighted by Gasteiger charge is -2.22. The Kier molecular flexibility index (Phi) is 6.60. The van der Waals surface area contributed by atoms with Crippen LogP contribution < -0.4 is 0 Å². The average molecular weight is 690 g/mol. The highest BCUT2D eigenvalue weighted by molar-refractivity contribution is 6.21.